The van der Waals surface area contributed by atoms with Gasteiger partial charge in [-0.1, -0.05) is 0 Å². The number of anilines is 2. The monoisotopic (exact) mass is 846 g/mol. The molecule has 0 amide bonds. The topological polar surface area (TPSA) is 52.0 Å². The van der Waals surface area contributed by atoms with Gasteiger partial charge in [0, 0.05) is 23.2 Å². The maximum absolute atomic E-state index is 5.65. The van der Waals surface area contributed by atoms with Gasteiger partial charge in [0.2, 0.25) is 0 Å². The Labute approximate surface area is 189 Å². The molecule has 0 atom stereocenters. The molecular formula is C12H8Br2I4N2. The normalized spacial score (nSPS) is 9.90. The summed E-state index contributed by atoms with van der Waals surface area (Å²) in [6, 6.07) is 8.07. The van der Waals surface area contributed by atoms with Gasteiger partial charge in [0.1, 0.15) is 0 Å². The molecule has 0 spiro atoms. The molecular weight excluding hydrogens is 840 g/mol. The Morgan fingerprint density at radius 2 is 0.850 bits per heavy atom. The summed E-state index contributed by atoms with van der Waals surface area (Å²) < 4.78 is 6.75. The molecule has 0 saturated heterocycles. The van der Waals surface area contributed by atoms with Crippen LogP contribution < -0.4 is 11.5 Å². The van der Waals surface area contributed by atoms with E-state index in [2.05, 4.69) is 134 Å². The molecule has 2 aromatic rings. The van der Waals surface area contributed by atoms with E-state index >= 15 is 0 Å². The molecule has 0 fully saturated rings. The van der Waals surface area contributed by atoms with Crippen molar-refractivity contribution in [2.45, 2.75) is 0 Å². The SMILES string of the molecule is Brc1c(I)ccc(I)c1Br.Nc1c(I)ccc(I)c1N. The molecule has 108 valence electrons. The average Bonchev–Trinajstić information content (AvgIpc) is 2.43. The second-order valence-electron chi connectivity index (χ2n) is 3.51. The van der Waals surface area contributed by atoms with Crippen molar-refractivity contribution < 1.29 is 0 Å². The lowest BCUT2D eigenvalue weighted by molar-refractivity contribution is 1.49. The summed E-state index contributed by atoms with van der Waals surface area (Å²) in [5, 5.41) is 0. The fourth-order valence-electron chi connectivity index (χ4n) is 1.09. The van der Waals surface area contributed by atoms with Crippen molar-refractivity contribution in [1.82, 2.24) is 0 Å². The summed E-state index contributed by atoms with van der Waals surface area (Å²) in [5.74, 6) is 0. The molecule has 20 heavy (non-hydrogen) atoms. The minimum absolute atomic E-state index is 0.688. The van der Waals surface area contributed by atoms with Gasteiger partial charge in [0.25, 0.3) is 0 Å². The number of benzene rings is 2. The summed E-state index contributed by atoms with van der Waals surface area (Å²) in [6.45, 7) is 0. The largest absolute Gasteiger partial charge is 0.396 e. The van der Waals surface area contributed by atoms with Crippen molar-refractivity contribution in [3.63, 3.8) is 0 Å². The van der Waals surface area contributed by atoms with Gasteiger partial charge in [-0.15, -0.1) is 0 Å². The zero-order valence-electron chi connectivity index (χ0n) is 9.73. The molecule has 8 heteroatoms. The van der Waals surface area contributed by atoms with E-state index in [4.69, 9.17) is 11.5 Å². The van der Waals surface area contributed by atoms with Gasteiger partial charge in [-0.2, -0.15) is 0 Å². The van der Waals surface area contributed by atoms with Crippen LogP contribution in [0, 0.1) is 14.3 Å². The third-order valence-electron chi connectivity index (χ3n) is 2.17. The summed E-state index contributed by atoms with van der Waals surface area (Å²) >= 11 is 15.8. The number of hydrogen-bond donors (Lipinski definition) is 2. The lowest BCUT2D eigenvalue weighted by Gasteiger charge is -2.03. The van der Waals surface area contributed by atoms with Crippen LogP contribution in [0.25, 0.3) is 0 Å². The number of nitrogens with two attached hydrogens (primary N) is 2. The Morgan fingerprint density at radius 3 is 1.15 bits per heavy atom. The highest BCUT2D eigenvalue weighted by Crippen LogP contribution is 2.31. The van der Waals surface area contributed by atoms with Crippen LogP contribution in [0.3, 0.4) is 0 Å². The Morgan fingerprint density at radius 1 is 0.600 bits per heavy atom. The molecule has 0 saturated carbocycles. The zero-order chi connectivity index (χ0) is 15.4. The van der Waals surface area contributed by atoms with E-state index in [0.29, 0.717) is 11.4 Å². The molecule has 4 N–H and O–H groups in total. The van der Waals surface area contributed by atoms with E-state index in [1.807, 2.05) is 12.1 Å². The van der Waals surface area contributed by atoms with Crippen LogP contribution in [0.15, 0.2) is 33.2 Å². The number of nitrogen functional groups attached to an aromatic ring is 2. The summed E-state index contributed by atoms with van der Waals surface area (Å²) in [7, 11) is 0. The molecule has 2 rings (SSSR count). The molecule has 0 aliphatic heterocycles. The van der Waals surface area contributed by atoms with Gasteiger partial charge in [0.05, 0.1) is 11.4 Å². The Bertz CT molecular complexity index is 526. The highest BCUT2D eigenvalue weighted by atomic mass is 127. The summed E-state index contributed by atoms with van der Waals surface area (Å²) in [6.07, 6.45) is 0. The Kier molecular flexibility index (Phi) is 9.26. The first-order valence-electron chi connectivity index (χ1n) is 5.03. The van der Waals surface area contributed by atoms with Gasteiger partial charge >= 0.3 is 0 Å². The first-order chi connectivity index (χ1) is 9.25. The molecule has 0 aliphatic rings. The van der Waals surface area contributed by atoms with Crippen molar-refractivity contribution in [1.29, 1.82) is 0 Å². The maximum atomic E-state index is 5.65. The van der Waals surface area contributed by atoms with E-state index in [0.717, 1.165) is 16.1 Å². The van der Waals surface area contributed by atoms with E-state index in [9.17, 15) is 0 Å². The molecule has 0 aromatic heterocycles. The van der Waals surface area contributed by atoms with Crippen LogP contribution in [0.5, 0.6) is 0 Å². The lowest BCUT2D eigenvalue weighted by Crippen LogP contribution is -1.98. The molecule has 0 heterocycles. The smallest absolute Gasteiger partial charge is 0.0694 e. The number of hydrogen-bond acceptors (Lipinski definition) is 2. The number of halogens is 6. The Balaban J connectivity index is 0.000000200. The van der Waals surface area contributed by atoms with Crippen LogP contribution in [0.4, 0.5) is 11.4 Å². The first kappa shape index (κ1) is 20.0. The average molecular weight is 848 g/mol. The third-order valence-corrected chi connectivity index (χ3v) is 9.51. The predicted molar refractivity (Wildman–Crippen MR) is 128 cm³/mol. The van der Waals surface area contributed by atoms with Crippen molar-refractivity contribution in [2.24, 2.45) is 0 Å². The molecule has 0 aliphatic carbocycles. The third kappa shape index (κ3) is 5.53. The van der Waals surface area contributed by atoms with E-state index < -0.39 is 0 Å². The highest BCUT2D eigenvalue weighted by Gasteiger charge is 2.03. The standard InChI is InChI=1S/C6H2Br2I2.C6H6I2N2/c7-5-3(9)1-2-4(10)6(5)8;7-3-1-2-4(8)6(10)5(3)9/h1-2H;1-2H,9-10H2. The van der Waals surface area contributed by atoms with Gasteiger partial charge in [-0.3, -0.25) is 0 Å². The maximum Gasteiger partial charge on any atom is 0.0694 e. The molecule has 0 unspecified atom stereocenters. The second-order valence-corrected chi connectivity index (χ2v) is 9.75. The van der Waals surface area contributed by atoms with Crippen LogP contribution in [-0.2, 0) is 0 Å². The fourth-order valence-corrected chi connectivity index (χ4v) is 4.36. The van der Waals surface area contributed by atoms with Crippen molar-refractivity contribution >= 4 is 134 Å². The fraction of sp³-hybridized carbons (Fsp3) is 0. The minimum Gasteiger partial charge on any atom is -0.396 e. The highest BCUT2D eigenvalue weighted by molar-refractivity contribution is 14.1. The van der Waals surface area contributed by atoms with Gasteiger partial charge in [-0.05, 0) is 146 Å². The van der Waals surface area contributed by atoms with Crippen molar-refractivity contribution in [3.8, 4) is 0 Å². The first-order valence-corrected chi connectivity index (χ1v) is 10.9. The molecule has 2 nitrogen and oxygen atoms in total. The van der Waals surface area contributed by atoms with Gasteiger partial charge < -0.3 is 11.5 Å². The minimum atomic E-state index is 0.688. The quantitative estimate of drug-likeness (QED) is 0.138. The lowest BCUT2D eigenvalue weighted by atomic mass is 10.3. The van der Waals surface area contributed by atoms with Crippen molar-refractivity contribution in [2.75, 3.05) is 11.5 Å². The predicted octanol–water partition coefficient (Wildman–Crippen LogP) is 6.48. The van der Waals surface area contributed by atoms with Gasteiger partial charge in [-0.25, -0.2) is 0 Å². The van der Waals surface area contributed by atoms with Crippen LogP contribution >= 0.6 is 122 Å². The molecule has 2 aromatic carbocycles. The second kappa shape index (κ2) is 9.27. The zero-order valence-corrected chi connectivity index (χ0v) is 21.5. The van der Waals surface area contributed by atoms with Gasteiger partial charge in [0.15, 0.2) is 0 Å². The number of rotatable bonds is 0. The van der Waals surface area contributed by atoms with E-state index in [1.165, 1.54) is 7.14 Å². The van der Waals surface area contributed by atoms with E-state index in [1.54, 1.807) is 0 Å². The van der Waals surface area contributed by atoms with Crippen LogP contribution in [0.1, 0.15) is 0 Å². The van der Waals surface area contributed by atoms with Crippen LogP contribution in [0.2, 0.25) is 0 Å². The molecule has 0 radical (unpaired) electrons. The summed E-state index contributed by atoms with van der Waals surface area (Å²) in [4.78, 5) is 0. The summed E-state index contributed by atoms with van der Waals surface area (Å²) in [5.41, 5.74) is 12.7. The van der Waals surface area contributed by atoms with Crippen LogP contribution in [-0.4, -0.2) is 0 Å². The molecule has 0 bridgehead atoms. The van der Waals surface area contributed by atoms with Crippen molar-refractivity contribution in [3.05, 3.63) is 47.5 Å². The Hall–Kier alpha value is 1.92. The van der Waals surface area contributed by atoms with E-state index in [-0.39, 0.29) is 0 Å².